The summed E-state index contributed by atoms with van der Waals surface area (Å²) >= 11 is 0. The molecule has 4 aliphatic rings. The van der Waals surface area contributed by atoms with Gasteiger partial charge in [-0.05, 0) is 129 Å². The van der Waals surface area contributed by atoms with Crippen molar-refractivity contribution in [2.75, 3.05) is 52.4 Å². The van der Waals surface area contributed by atoms with E-state index in [9.17, 15) is 0 Å². The number of unbranched alkanes of at least 4 members (excludes halogenated alkanes) is 6. The molecule has 0 aromatic heterocycles. The summed E-state index contributed by atoms with van der Waals surface area (Å²) in [5.41, 5.74) is 7.94. The number of rotatable bonds is 28. The van der Waals surface area contributed by atoms with E-state index in [1.165, 1.54) is 205 Å². The second-order valence-corrected chi connectivity index (χ2v) is 24.7. The molecule has 3 atom stereocenters. The van der Waals surface area contributed by atoms with E-state index in [0.29, 0.717) is 18.0 Å². The summed E-state index contributed by atoms with van der Waals surface area (Å²) < 4.78 is 23.0. The Morgan fingerprint density at radius 1 is 0.529 bits per heavy atom. The van der Waals surface area contributed by atoms with E-state index in [2.05, 4.69) is 136 Å². The lowest BCUT2D eigenvalue weighted by molar-refractivity contribution is -0.929. The summed E-state index contributed by atoms with van der Waals surface area (Å²) in [6.07, 6.45) is 31.8. The molecule has 0 amide bonds. The van der Waals surface area contributed by atoms with Crippen LogP contribution in [-0.2, 0) is 17.3 Å². The van der Waals surface area contributed by atoms with E-state index in [1.54, 1.807) is 5.56 Å². The van der Waals surface area contributed by atoms with Crippen molar-refractivity contribution in [2.45, 2.75) is 260 Å². The topological polar surface area (TPSA) is 24.5 Å². The van der Waals surface area contributed by atoms with Gasteiger partial charge in [-0.1, -0.05) is 150 Å². The zero-order chi connectivity index (χ0) is 49.2. The number of ether oxygens (including phenoxy) is 2. The standard InChI is InChI=1S/C62H106N4O2/c1-14-21-35-65(36-22-15-2,37-23-16-3)41-29-31-50(32-30-42-66(38-24-17-4,39-25-18-5)40-26-19-6)51-43-49(20-7)58-52(44-51)47-63-56-33-27-28-34-57(56)64-48-53-45-54(60(8,9)10)46-55(61(11,12)13)59(53)68-62(63,64)67-58/h43-48,50,56-57H,14-42H2,1-13H3/q+4. The molecule has 68 heavy (non-hydrogen) atoms. The summed E-state index contributed by atoms with van der Waals surface area (Å²) in [5, 5.41) is 0. The quantitative estimate of drug-likeness (QED) is 0.0627. The van der Waals surface area contributed by atoms with Gasteiger partial charge in [-0.2, -0.15) is 0 Å². The number of fused-ring (bicyclic) bond motifs is 5. The zero-order valence-electron chi connectivity index (χ0n) is 46.8. The van der Waals surface area contributed by atoms with Gasteiger partial charge in [-0.3, -0.25) is 0 Å². The third-order valence-electron chi connectivity index (χ3n) is 17.2. The number of nitrogens with zero attached hydrogens (tertiary/aromatic N) is 4. The van der Waals surface area contributed by atoms with Crippen LogP contribution in [0.3, 0.4) is 0 Å². The van der Waals surface area contributed by atoms with E-state index >= 15 is 0 Å². The first-order valence-electron chi connectivity index (χ1n) is 29.3. The van der Waals surface area contributed by atoms with Gasteiger partial charge in [-0.25, -0.2) is 0 Å². The van der Waals surface area contributed by atoms with Crippen LogP contribution in [0.4, 0.5) is 0 Å². The minimum atomic E-state index is -1.03. The number of aryl methyl sites for hydroxylation is 1. The molecule has 3 unspecified atom stereocenters. The summed E-state index contributed by atoms with van der Waals surface area (Å²) in [6, 6.07) is 9.69. The van der Waals surface area contributed by atoms with Gasteiger partial charge in [0.15, 0.2) is 23.9 Å². The molecule has 1 spiro atoms. The lowest BCUT2D eigenvalue weighted by atomic mass is 9.79. The molecule has 2 aromatic rings. The maximum atomic E-state index is 7.66. The lowest BCUT2D eigenvalue weighted by Gasteiger charge is -2.40. The molecule has 2 aromatic carbocycles. The number of hydrogen-bond acceptors (Lipinski definition) is 2. The van der Waals surface area contributed by atoms with Crippen molar-refractivity contribution in [2.24, 2.45) is 0 Å². The van der Waals surface area contributed by atoms with Crippen LogP contribution in [0.5, 0.6) is 11.5 Å². The second-order valence-electron chi connectivity index (χ2n) is 24.7. The van der Waals surface area contributed by atoms with Gasteiger partial charge >= 0.3 is 6.03 Å². The third kappa shape index (κ3) is 12.5. The molecule has 0 N–H and O–H groups in total. The van der Waals surface area contributed by atoms with Gasteiger partial charge in [0.2, 0.25) is 12.1 Å². The molecular weight excluding hydrogens is 833 g/mol. The van der Waals surface area contributed by atoms with Crippen molar-refractivity contribution in [3.63, 3.8) is 0 Å². The fourth-order valence-electron chi connectivity index (χ4n) is 12.9. The monoisotopic (exact) mass is 939 g/mol. The van der Waals surface area contributed by atoms with E-state index in [4.69, 9.17) is 9.47 Å². The predicted octanol–water partition coefficient (Wildman–Crippen LogP) is 15.2. The van der Waals surface area contributed by atoms with Crippen LogP contribution in [0.15, 0.2) is 24.3 Å². The molecule has 0 bridgehead atoms. The van der Waals surface area contributed by atoms with Crippen LogP contribution < -0.4 is 9.47 Å². The number of benzene rings is 2. The van der Waals surface area contributed by atoms with E-state index in [0.717, 1.165) is 30.8 Å². The van der Waals surface area contributed by atoms with Crippen molar-refractivity contribution in [3.8, 4) is 11.5 Å². The maximum Gasteiger partial charge on any atom is 0.704 e. The SMILES string of the molecule is CCCC[N+](CCCC)(CCCC)CCCC(CCC[N+](CCCC)(CCCC)CCCC)c1cc2c(c(CC)c1)OC13Oc4c(cc(C(C)(C)C)cc4C(C)(C)C)C=[N+]1C1CCCCC1[N+]3=C2. The fraction of sp³-hybridized carbons (Fsp3) is 0.774. The van der Waals surface area contributed by atoms with Gasteiger partial charge in [0.25, 0.3) is 0 Å². The van der Waals surface area contributed by atoms with Crippen molar-refractivity contribution in [3.05, 3.63) is 57.6 Å². The van der Waals surface area contributed by atoms with Gasteiger partial charge < -0.3 is 18.4 Å². The van der Waals surface area contributed by atoms with Crippen LogP contribution in [-0.4, -0.2) is 101 Å². The third-order valence-corrected chi connectivity index (χ3v) is 17.2. The van der Waals surface area contributed by atoms with Gasteiger partial charge in [-0.15, -0.1) is 0 Å². The minimum Gasteiger partial charge on any atom is -0.340 e. The van der Waals surface area contributed by atoms with E-state index < -0.39 is 6.03 Å². The molecule has 0 radical (unpaired) electrons. The average Bonchev–Trinajstić information content (AvgIpc) is 3.59. The highest BCUT2D eigenvalue weighted by molar-refractivity contribution is 5.85. The smallest absolute Gasteiger partial charge is 0.340 e. The van der Waals surface area contributed by atoms with E-state index in [-0.39, 0.29) is 10.8 Å². The Morgan fingerprint density at radius 2 is 0.941 bits per heavy atom. The second kappa shape index (κ2) is 24.1. The predicted molar refractivity (Wildman–Crippen MR) is 291 cm³/mol. The highest BCUT2D eigenvalue weighted by Gasteiger charge is 2.76. The molecule has 382 valence electrons. The highest BCUT2D eigenvalue weighted by atomic mass is 16.7. The Bertz CT molecular complexity index is 1900. The first-order chi connectivity index (χ1) is 32.6. The van der Waals surface area contributed by atoms with Crippen molar-refractivity contribution in [1.82, 2.24) is 0 Å². The molecule has 1 aliphatic carbocycles. The van der Waals surface area contributed by atoms with Crippen molar-refractivity contribution < 1.29 is 27.6 Å². The van der Waals surface area contributed by atoms with Crippen LogP contribution in [0.25, 0.3) is 0 Å². The average molecular weight is 940 g/mol. The Morgan fingerprint density at radius 3 is 1.34 bits per heavy atom. The highest BCUT2D eigenvalue weighted by Crippen LogP contribution is 2.49. The molecule has 6 nitrogen and oxygen atoms in total. The minimum absolute atomic E-state index is 0.0326. The first-order valence-corrected chi connectivity index (χ1v) is 29.3. The Hall–Kier alpha value is -2.70. The Balaban J connectivity index is 1.41. The lowest BCUT2D eigenvalue weighted by Crippen LogP contribution is -2.60. The molecule has 6 heteroatoms. The summed E-state index contributed by atoms with van der Waals surface area (Å²) in [6.45, 7) is 41.5. The van der Waals surface area contributed by atoms with Gasteiger partial charge in [0.05, 0.1) is 63.5 Å². The molecule has 3 heterocycles. The molecule has 2 fully saturated rings. The Labute approximate surface area is 419 Å². The van der Waals surface area contributed by atoms with Gasteiger partial charge in [0.1, 0.15) is 0 Å². The van der Waals surface area contributed by atoms with Crippen LogP contribution in [0, 0.1) is 0 Å². The van der Waals surface area contributed by atoms with Crippen LogP contribution >= 0.6 is 0 Å². The first kappa shape index (κ1) is 54.6. The fourth-order valence-corrected chi connectivity index (χ4v) is 12.9. The zero-order valence-corrected chi connectivity index (χ0v) is 46.8. The summed E-state index contributed by atoms with van der Waals surface area (Å²) in [5.74, 6) is 2.58. The number of hydrogen-bond donors (Lipinski definition) is 0. The Kier molecular flexibility index (Phi) is 19.4. The van der Waals surface area contributed by atoms with Crippen molar-refractivity contribution >= 4 is 12.4 Å². The van der Waals surface area contributed by atoms with Crippen molar-refractivity contribution in [1.29, 1.82) is 0 Å². The maximum absolute atomic E-state index is 7.66. The summed E-state index contributed by atoms with van der Waals surface area (Å²) in [7, 11) is 0. The van der Waals surface area contributed by atoms with Gasteiger partial charge in [0, 0.05) is 18.4 Å². The number of quaternary nitrogens is 2. The molecular formula is C62H106N4O2+4. The van der Waals surface area contributed by atoms with Crippen LogP contribution in [0.1, 0.15) is 258 Å². The molecule has 6 rings (SSSR count). The largest absolute Gasteiger partial charge is 0.704 e. The van der Waals surface area contributed by atoms with E-state index in [1.807, 2.05) is 0 Å². The molecule has 1 saturated heterocycles. The molecule has 3 aliphatic heterocycles. The summed E-state index contributed by atoms with van der Waals surface area (Å²) in [4.78, 5) is 0. The normalized spacial score (nSPS) is 20.2. The van der Waals surface area contributed by atoms with Crippen LogP contribution in [0.2, 0.25) is 0 Å². The molecule has 1 saturated carbocycles.